The maximum atomic E-state index is 11.7. The summed E-state index contributed by atoms with van der Waals surface area (Å²) in [5, 5.41) is 11.3. The molecule has 3 atom stereocenters. The van der Waals surface area contributed by atoms with Crippen molar-refractivity contribution in [2.24, 2.45) is 0 Å². The van der Waals surface area contributed by atoms with Gasteiger partial charge >= 0.3 is 12.7 Å². The molecule has 3 unspecified atom stereocenters. The fourth-order valence-electron chi connectivity index (χ4n) is 2.57. The zero-order valence-corrected chi connectivity index (χ0v) is 11.2. The predicted octanol–water partition coefficient (Wildman–Crippen LogP) is -0.642. The van der Waals surface area contributed by atoms with E-state index in [4.69, 9.17) is 14.0 Å². The molecule has 1 spiro atoms. The van der Waals surface area contributed by atoms with Gasteiger partial charge in [-0.3, -0.25) is 4.79 Å². The number of hydrogen-bond donors (Lipinski definition) is 2. The Morgan fingerprint density at radius 2 is 2.22 bits per heavy atom. The molecule has 0 aliphatic carbocycles. The lowest BCUT2D eigenvalue weighted by Gasteiger charge is -2.26. The Balaban J connectivity index is 1.81. The van der Waals surface area contributed by atoms with Crippen LogP contribution in [0.15, 0.2) is 0 Å². The Morgan fingerprint density at radius 1 is 1.50 bits per heavy atom. The first-order valence-corrected chi connectivity index (χ1v) is 6.54. The molecule has 0 saturated carbocycles. The van der Waals surface area contributed by atoms with E-state index in [1.54, 1.807) is 0 Å². The number of carbonyl (C=O) groups is 1. The van der Waals surface area contributed by atoms with Crippen molar-refractivity contribution in [1.29, 1.82) is 0 Å². The number of aliphatic hydroxyl groups excluding tert-OH is 1. The lowest BCUT2D eigenvalue weighted by atomic mass is 9.70. The molecule has 6 nitrogen and oxygen atoms in total. The molecular formula is C11H22BNO5. The monoisotopic (exact) mass is 259 g/mol. The van der Waals surface area contributed by atoms with Crippen molar-refractivity contribution >= 4 is 12.7 Å². The lowest BCUT2D eigenvalue weighted by Crippen LogP contribution is -2.98. The fourth-order valence-corrected chi connectivity index (χ4v) is 2.57. The first-order chi connectivity index (χ1) is 8.28. The molecule has 18 heavy (non-hydrogen) atoms. The Kier molecular flexibility index (Phi) is 3.69. The van der Waals surface area contributed by atoms with Crippen LogP contribution in [0.3, 0.4) is 0 Å². The van der Waals surface area contributed by atoms with Crippen LogP contribution >= 0.6 is 0 Å². The van der Waals surface area contributed by atoms with Crippen molar-refractivity contribution in [2.75, 3.05) is 6.54 Å². The SMILES string of the molecule is CC(C)(C)OC(=O)CC1CC[B-]2([NH2+]CC(O)O2)O1. The highest BCUT2D eigenvalue weighted by Crippen LogP contribution is 2.28. The van der Waals surface area contributed by atoms with E-state index in [0.29, 0.717) is 6.54 Å². The first-order valence-electron chi connectivity index (χ1n) is 6.54. The Bertz CT molecular complexity index is 332. The van der Waals surface area contributed by atoms with Crippen molar-refractivity contribution < 1.29 is 29.2 Å². The third-order valence-electron chi connectivity index (χ3n) is 3.21. The zero-order valence-electron chi connectivity index (χ0n) is 11.2. The molecule has 2 aliphatic heterocycles. The quantitative estimate of drug-likeness (QED) is 0.509. The average Bonchev–Trinajstić information content (AvgIpc) is 2.72. The van der Waals surface area contributed by atoms with E-state index < -0.39 is 18.6 Å². The Morgan fingerprint density at radius 3 is 2.78 bits per heavy atom. The first kappa shape index (κ1) is 13.8. The predicted molar refractivity (Wildman–Crippen MR) is 64.4 cm³/mol. The van der Waals surface area contributed by atoms with Crippen LogP contribution in [-0.2, 0) is 18.8 Å². The van der Waals surface area contributed by atoms with E-state index in [-0.39, 0.29) is 18.5 Å². The molecule has 104 valence electrons. The van der Waals surface area contributed by atoms with E-state index in [2.05, 4.69) is 0 Å². The number of ether oxygens (including phenoxy) is 1. The topological polar surface area (TPSA) is 81.6 Å². The number of nitrogens with two attached hydrogens (primary N) is 1. The van der Waals surface area contributed by atoms with Gasteiger partial charge in [-0.25, -0.2) is 0 Å². The van der Waals surface area contributed by atoms with Gasteiger partial charge in [-0.05, 0) is 20.8 Å². The molecule has 2 rings (SSSR count). The average molecular weight is 259 g/mol. The normalized spacial score (nSPS) is 36.2. The summed E-state index contributed by atoms with van der Waals surface area (Å²) < 4.78 is 16.5. The largest absolute Gasteiger partial charge is 0.511 e. The summed E-state index contributed by atoms with van der Waals surface area (Å²) in [7, 11) is 0. The third-order valence-corrected chi connectivity index (χ3v) is 3.21. The highest BCUT2D eigenvalue weighted by atomic mass is 16.7. The van der Waals surface area contributed by atoms with Crippen molar-refractivity contribution in [3.05, 3.63) is 0 Å². The molecule has 3 N–H and O–H groups in total. The molecule has 2 fully saturated rings. The summed E-state index contributed by atoms with van der Waals surface area (Å²) >= 11 is 0. The van der Waals surface area contributed by atoms with Gasteiger partial charge in [0, 0.05) is 6.10 Å². The smallest absolute Gasteiger partial charge is 0.471 e. The van der Waals surface area contributed by atoms with Crippen molar-refractivity contribution in [2.45, 2.75) is 57.9 Å². The van der Waals surface area contributed by atoms with Gasteiger partial charge in [-0.1, -0.05) is 12.7 Å². The van der Waals surface area contributed by atoms with E-state index in [1.807, 2.05) is 26.0 Å². The third kappa shape index (κ3) is 3.44. The second-order valence-electron chi connectivity index (χ2n) is 6.13. The molecule has 2 heterocycles. The van der Waals surface area contributed by atoms with Crippen LogP contribution in [0.1, 0.15) is 33.6 Å². The standard InChI is InChI=1S/C11H22BNO5/c1-11(2,3)16-9(14)6-8-4-5-12(17-8)13-7-10(15)18-12/h8,10,15H,4-7,13H2,1-3H3. The molecule has 0 aromatic rings. The van der Waals surface area contributed by atoms with Crippen molar-refractivity contribution in [1.82, 2.24) is 0 Å². The van der Waals surface area contributed by atoms with Gasteiger partial charge in [-0.15, -0.1) is 0 Å². The molecule has 0 amide bonds. The number of quaternary nitrogens is 1. The Hall–Kier alpha value is -0.625. The zero-order chi connectivity index (χ0) is 13.4. The van der Waals surface area contributed by atoms with Gasteiger partial charge in [0.25, 0.3) is 0 Å². The number of aliphatic hydroxyl groups is 1. The van der Waals surface area contributed by atoms with E-state index in [0.717, 1.165) is 12.7 Å². The lowest BCUT2D eigenvalue weighted by molar-refractivity contribution is -0.540. The summed E-state index contributed by atoms with van der Waals surface area (Å²) in [6.45, 7) is 4.56. The molecule has 0 aromatic heterocycles. The minimum Gasteiger partial charge on any atom is -0.511 e. The summed E-state index contributed by atoms with van der Waals surface area (Å²) in [6.07, 6.45) is 0.827. The van der Waals surface area contributed by atoms with Crippen LogP contribution in [0.2, 0.25) is 6.32 Å². The van der Waals surface area contributed by atoms with Crippen LogP contribution in [0.4, 0.5) is 0 Å². The van der Waals surface area contributed by atoms with E-state index >= 15 is 0 Å². The number of esters is 1. The highest BCUT2D eigenvalue weighted by Gasteiger charge is 2.48. The van der Waals surface area contributed by atoms with Gasteiger partial charge in [0.2, 0.25) is 0 Å². The molecule has 0 radical (unpaired) electrons. The second kappa shape index (κ2) is 4.81. The van der Waals surface area contributed by atoms with Gasteiger partial charge in [0.15, 0.2) is 6.29 Å². The summed E-state index contributed by atoms with van der Waals surface area (Å²) in [6, 6.07) is 0. The van der Waals surface area contributed by atoms with Crippen LogP contribution in [0, 0.1) is 0 Å². The van der Waals surface area contributed by atoms with Crippen LogP contribution in [0.5, 0.6) is 0 Å². The second-order valence-corrected chi connectivity index (χ2v) is 6.13. The van der Waals surface area contributed by atoms with Crippen molar-refractivity contribution in [3.8, 4) is 0 Å². The van der Waals surface area contributed by atoms with Gasteiger partial charge < -0.3 is 24.4 Å². The fraction of sp³-hybridized carbons (Fsp3) is 0.909. The van der Waals surface area contributed by atoms with Gasteiger partial charge in [-0.2, -0.15) is 0 Å². The molecule has 2 aliphatic rings. The van der Waals surface area contributed by atoms with E-state index in [1.165, 1.54) is 0 Å². The summed E-state index contributed by atoms with van der Waals surface area (Å²) in [5.41, 5.74) is -0.468. The van der Waals surface area contributed by atoms with Crippen LogP contribution in [-0.4, -0.2) is 42.3 Å². The molecule has 0 bridgehead atoms. The maximum absolute atomic E-state index is 11.7. The van der Waals surface area contributed by atoms with Crippen LogP contribution in [0.25, 0.3) is 0 Å². The van der Waals surface area contributed by atoms with Gasteiger partial charge in [0.05, 0.1) is 13.0 Å². The van der Waals surface area contributed by atoms with E-state index in [9.17, 15) is 9.90 Å². The number of carbonyl (C=O) groups excluding carboxylic acids is 1. The molecule has 2 saturated heterocycles. The number of rotatable bonds is 2. The highest BCUT2D eigenvalue weighted by molar-refractivity contribution is 6.59. The Labute approximate surface area is 107 Å². The molecule has 0 aromatic carbocycles. The summed E-state index contributed by atoms with van der Waals surface area (Å²) in [5.74, 6) is -0.251. The minimum atomic E-state index is -1.47. The summed E-state index contributed by atoms with van der Waals surface area (Å²) in [4.78, 5) is 11.7. The number of hydrogen-bond acceptors (Lipinski definition) is 5. The molecule has 7 heteroatoms. The van der Waals surface area contributed by atoms with Crippen LogP contribution < -0.4 is 5.23 Å². The maximum Gasteiger partial charge on any atom is 0.471 e. The minimum absolute atomic E-state index is 0.165. The molecular weight excluding hydrogens is 237 g/mol. The van der Waals surface area contributed by atoms with Gasteiger partial charge in [0.1, 0.15) is 5.60 Å². The van der Waals surface area contributed by atoms with Crippen molar-refractivity contribution in [3.63, 3.8) is 0 Å².